The van der Waals surface area contributed by atoms with Crippen LogP contribution < -0.4 is 4.90 Å². The average Bonchev–Trinajstić information content (AvgIpc) is 3.67. The molecule has 2 aliphatic rings. The molecule has 5 heteroatoms. The second kappa shape index (κ2) is 10.4. The first-order valence-corrected chi connectivity index (χ1v) is 15.4. The van der Waals surface area contributed by atoms with Crippen molar-refractivity contribution in [3.05, 3.63) is 157 Å². The molecule has 0 bridgehead atoms. The van der Waals surface area contributed by atoms with Crippen molar-refractivity contribution < 1.29 is 4.42 Å². The monoisotopic (exact) mass is 590 g/mol. The van der Waals surface area contributed by atoms with Crippen LogP contribution in [0.15, 0.2) is 150 Å². The second-order valence-electron chi connectivity index (χ2n) is 11.7. The molecule has 1 aliphatic carbocycles. The van der Waals surface area contributed by atoms with Crippen molar-refractivity contribution in [2.24, 2.45) is 0 Å². The van der Waals surface area contributed by atoms with Crippen molar-refractivity contribution in [3.63, 3.8) is 0 Å². The molecule has 0 fully saturated rings. The summed E-state index contributed by atoms with van der Waals surface area (Å²) in [5.74, 6) is 0.965. The fourth-order valence-electron chi connectivity index (χ4n) is 6.86. The maximum atomic E-state index is 9.35. The molecular formula is C41H26N4O. The molecule has 0 saturated heterocycles. The molecule has 7 aromatic rings. The quantitative estimate of drug-likeness (QED) is 0.204. The Kier molecular flexibility index (Phi) is 5.94. The van der Waals surface area contributed by atoms with E-state index in [0.29, 0.717) is 28.6 Å². The minimum atomic E-state index is 0.244. The summed E-state index contributed by atoms with van der Waals surface area (Å²) >= 11 is 0. The lowest BCUT2D eigenvalue weighted by atomic mass is 9.91. The SMILES string of the molecule is N#Cc1ccc(-c2nc(-c3ccccc3)nc3c2oc2cc(-c4cccc(N5c6ccccc6C6C=CC=CC65)c4)ccc23)cc1. The highest BCUT2D eigenvalue weighted by atomic mass is 16.3. The van der Waals surface area contributed by atoms with Crippen LogP contribution in [0.5, 0.6) is 0 Å². The maximum Gasteiger partial charge on any atom is 0.180 e. The van der Waals surface area contributed by atoms with Crippen molar-refractivity contribution >= 4 is 33.4 Å². The van der Waals surface area contributed by atoms with Gasteiger partial charge in [0.25, 0.3) is 0 Å². The number of hydrogen-bond donors (Lipinski definition) is 0. The normalized spacial score (nSPS) is 16.5. The number of anilines is 2. The van der Waals surface area contributed by atoms with Crippen molar-refractivity contribution in [1.29, 1.82) is 5.26 Å². The van der Waals surface area contributed by atoms with E-state index in [2.05, 4.69) is 102 Å². The van der Waals surface area contributed by atoms with E-state index in [-0.39, 0.29) is 6.04 Å². The summed E-state index contributed by atoms with van der Waals surface area (Å²) in [4.78, 5) is 12.4. The first-order chi connectivity index (χ1) is 22.7. The topological polar surface area (TPSA) is 66.0 Å². The van der Waals surface area contributed by atoms with Crippen LogP contribution in [-0.4, -0.2) is 16.0 Å². The van der Waals surface area contributed by atoms with Gasteiger partial charge in [-0.3, -0.25) is 0 Å². The number of nitrogens with zero attached hydrogens (tertiary/aromatic N) is 4. The fourth-order valence-corrected chi connectivity index (χ4v) is 6.86. The van der Waals surface area contributed by atoms with Crippen molar-refractivity contribution in [3.8, 4) is 39.8 Å². The number of rotatable bonds is 4. The smallest absolute Gasteiger partial charge is 0.180 e. The van der Waals surface area contributed by atoms with Crippen LogP contribution in [0, 0.1) is 11.3 Å². The van der Waals surface area contributed by atoms with Crippen LogP contribution >= 0.6 is 0 Å². The summed E-state index contributed by atoms with van der Waals surface area (Å²) in [5, 5.41) is 10.3. The van der Waals surface area contributed by atoms with Crippen LogP contribution in [0.4, 0.5) is 11.4 Å². The molecule has 2 aromatic heterocycles. The average molecular weight is 591 g/mol. The number of benzene rings is 5. The van der Waals surface area contributed by atoms with Crippen LogP contribution in [0.25, 0.3) is 55.8 Å². The van der Waals surface area contributed by atoms with Crippen LogP contribution in [0.3, 0.4) is 0 Å². The van der Waals surface area contributed by atoms with Gasteiger partial charge in [0.05, 0.1) is 17.7 Å². The number of para-hydroxylation sites is 1. The van der Waals surface area contributed by atoms with Gasteiger partial charge >= 0.3 is 0 Å². The number of fused-ring (bicyclic) bond motifs is 6. The van der Waals surface area contributed by atoms with E-state index in [1.165, 1.54) is 11.3 Å². The van der Waals surface area contributed by atoms with Crippen molar-refractivity contribution in [1.82, 2.24) is 9.97 Å². The first-order valence-electron chi connectivity index (χ1n) is 15.4. The Hall–Kier alpha value is -6.25. The lowest BCUT2D eigenvalue weighted by molar-refractivity contribution is 0.667. The highest BCUT2D eigenvalue weighted by Gasteiger charge is 2.37. The van der Waals surface area contributed by atoms with Gasteiger partial charge in [0, 0.05) is 33.8 Å². The van der Waals surface area contributed by atoms with E-state index in [9.17, 15) is 5.26 Å². The van der Waals surface area contributed by atoms with E-state index in [1.54, 1.807) is 12.1 Å². The second-order valence-corrected chi connectivity index (χ2v) is 11.7. The van der Waals surface area contributed by atoms with Crippen LogP contribution in [-0.2, 0) is 0 Å². The van der Waals surface area contributed by atoms with E-state index >= 15 is 0 Å². The largest absolute Gasteiger partial charge is 0.452 e. The fraction of sp³-hybridized carbons (Fsp3) is 0.0488. The predicted octanol–water partition coefficient (Wildman–Crippen LogP) is 9.98. The summed E-state index contributed by atoms with van der Waals surface area (Å²) in [7, 11) is 0. The number of aromatic nitrogens is 2. The van der Waals surface area contributed by atoms with E-state index in [1.807, 2.05) is 42.5 Å². The van der Waals surface area contributed by atoms with Gasteiger partial charge in [-0.25, -0.2) is 9.97 Å². The summed E-state index contributed by atoms with van der Waals surface area (Å²) < 4.78 is 6.58. The molecule has 3 heterocycles. The molecule has 0 radical (unpaired) electrons. The van der Waals surface area contributed by atoms with Gasteiger partial charge in [0.2, 0.25) is 0 Å². The molecule has 46 heavy (non-hydrogen) atoms. The van der Waals surface area contributed by atoms with Gasteiger partial charge in [-0.1, -0.05) is 103 Å². The summed E-state index contributed by atoms with van der Waals surface area (Å²) in [6, 6.07) is 43.7. The van der Waals surface area contributed by atoms with Gasteiger partial charge in [0.1, 0.15) is 16.8 Å². The Morgan fingerprint density at radius 2 is 1.43 bits per heavy atom. The highest BCUT2D eigenvalue weighted by Crippen LogP contribution is 2.48. The summed E-state index contributed by atoms with van der Waals surface area (Å²) in [5.41, 5.74) is 11.2. The van der Waals surface area contributed by atoms with Gasteiger partial charge in [-0.05, 0) is 59.2 Å². The molecule has 2 atom stereocenters. The minimum Gasteiger partial charge on any atom is -0.452 e. The van der Waals surface area contributed by atoms with Gasteiger partial charge < -0.3 is 9.32 Å². The third kappa shape index (κ3) is 4.16. The molecule has 5 nitrogen and oxygen atoms in total. The van der Waals surface area contributed by atoms with E-state index < -0.39 is 0 Å². The Labute approximate surface area is 266 Å². The Morgan fingerprint density at radius 1 is 0.674 bits per heavy atom. The molecular weight excluding hydrogens is 564 g/mol. The van der Waals surface area contributed by atoms with Gasteiger partial charge in [-0.2, -0.15) is 5.26 Å². The first kappa shape index (κ1) is 26.2. The van der Waals surface area contributed by atoms with Crippen molar-refractivity contribution in [2.75, 3.05) is 4.90 Å². The number of allylic oxidation sites excluding steroid dienone is 2. The lowest BCUT2D eigenvalue weighted by Gasteiger charge is -2.29. The Morgan fingerprint density at radius 3 is 2.30 bits per heavy atom. The van der Waals surface area contributed by atoms with Gasteiger partial charge in [0.15, 0.2) is 11.4 Å². The molecule has 0 saturated carbocycles. The van der Waals surface area contributed by atoms with E-state index in [4.69, 9.17) is 14.4 Å². The molecule has 216 valence electrons. The van der Waals surface area contributed by atoms with Crippen molar-refractivity contribution in [2.45, 2.75) is 12.0 Å². The van der Waals surface area contributed by atoms with Crippen LogP contribution in [0.1, 0.15) is 17.0 Å². The minimum absolute atomic E-state index is 0.244. The standard InChI is InChI=1S/C41H26N4O/c42-25-26-17-19-27(20-18-26)38-40-39(44-41(43-38)28-9-2-1-3-10-28)34-22-21-30(24-37(34)46-40)29-11-8-12-31(23-29)45-35-15-6-4-13-32(35)33-14-5-7-16-36(33)45/h1-24,32,35H. The number of nitriles is 1. The Balaban J connectivity index is 1.17. The lowest BCUT2D eigenvalue weighted by Crippen LogP contribution is -2.28. The molecule has 0 amide bonds. The molecule has 2 unspecified atom stereocenters. The predicted molar refractivity (Wildman–Crippen MR) is 184 cm³/mol. The zero-order valence-electron chi connectivity index (χ0n) is 24.7. The summed E-state index contributed by atoms with van der Waals surface area (Å²) in [6.07, 6.45) is 8.91. The molecule has 9 rings (SSSR count). The molecule has 5 aromatic carbocycles. The van der Waals surface area contributed by atoms with E-state index in [0.717, 1.165) is 44.4 Å². The summed E-state index contributed by atoms with van der Waals surface area (Å²) in [6.45, 7) is 0. The maximum absolute atomic E-state index is 9.35. The molecule has 0 spiro atoms. The highest BCUT2D eigenvalue weighted by molar-refractivity contribution is 6.08. The molecule has 1 aliphatic heterocycles. The van der Waals surface area contributed by atoms with Crippen LogP contribution in [0.2, 0.25) is 0 Å². The number of hydrogen-bond acceptors (Lipinski definition) is 5. The third-order valence-electron chi connectivity index (χ3n) is 9.05. The Bertz CT molecular complexity index is 2400. The van der Waals surface area contributed by atoms with Gasteiger partial charge in [-0.15, -0.1) is 0 Å². The molecule has 0 N–H and O–H groups in total. The number of furan rings is 1. The zero-order valence-corrected chi connectivity index (χ0v) is 24.7. The zero-order chi connectivity index (χ0) is 30.6. The third-order valence-corrected chi connectivity index (χ3v) is 9.05.